The Hall–Kier alpha value is 0.267. The van der Waals surface area contributed by atoms with Crippen LogP contribution in [0.5, 0.6) is 0 Å². The minimum Gasteiger partial charge on any atom is -0.481 e. The lowest BCUT2D eigenvalue weighted by Crippen LogP contribution is -2.11. The quantitative estimate of drug-likeness (QED) is 0.161. The first-order valence-electron chi connectivity index (χ1n) is 9.51. The molecule has 0 spiro atoms. The summed E-state index contributed by atoms with van der Waals surface area (Å²) >= 11 is 12.2. The van der Waals surface area contributed by atoms with Crippen LogP contribution in [0.4, 0.5) is 0 Å². The maximum atomic E-state index is 10.4. The zero-order valence-electron chi connectivity index (χ0n) is 14.9. The Balaban J connectivity index is 3.04. The van der Waals surface area contributed by atoms with Crippen molar-refractivity contribution in [2.75, 3.05) is 0 Å². The maximum absolute atomic E-state index is 10.4. The molecule has 0 saturated heterocycles. The van der Waals surface area contributed by atoms with Crippen LogP contribution in [0.25, 0.3) is 0 Å². The van der Waals surface area contributed by atoms with E-state index < -0.39 is 12.7 Å². The molecule has 0 aliphatic carbocycles. The van der Waals surface area contributed by atoms with E-state index in [9.17, 15) is 4.79 Å². The van der Waals surface area contributed by atoms with Crippen molar-refractivity contribution in [1.29, 1.82) is 0 Å². The number of hydrogen-bond donors (Lipinski definition) is 1. The van der Waals surface area contributed by atoms with E-state index in [-0.39, 0.29) is 0 Å². The molecule has 1 N–H and O–H groups in total. The summed E-state index contributed by atoms with van der Waals surface area (Å²) in [6.45, 7) is 0.157. The molecule has 0 radical (unpaired) electrons. The summed E-state index contributed by atoms with van der Waals surface area (Å²) in [5.41, 5.74) is 0. The maximum Gasteiger partial charge on any atom is 0.303 e. The molecule has 0 bridgehead atoms. The summed E-state index contributed by atoms with van der Waals surface area (Å²) in [4.78, 5) is 10.4. The fourth-order valence-corrected chi connectivity index (χ4v) is 4.51. The number of carboxylic acid groups (broad SMARTS) is 1. The Morgan fingerprint density at radius 3 is 1.30 bits per heavy atom. The number of carboxylic acids is 1. The molecule has 0 saturated carbocycles. The molecule has 23 heavy (non-hydrogen) atoms. The molecule has 0 atom stereocenters. The molecule has 0 aromatic rings. The molecule has 0 aromatic heterocycles. The van der Waals surface area contributed by atoms with Crippen molar-refractivity contribution in [3.8, 4) is 0 Å². The Kier molecular flexibility index (Phi) is 16.0. The van der Waals surface area contributed by atoms with Crippen LogP contribution in [0, 0.1) is 0 Å². The Labute approximate surface area is 153 Å². The van der Waals surface area contributed by atoms with Crippen LogP contribution < -0.4 is 0 Å². The molecule has 0 unspecified atom stereocenters. The summed E-state index contributed by atoms with van der Waals surface area (Å²) in [5.74, 6) is -0.663. The third kappa shape index (κ3) is 22.3. The highest BCUT2D eigenvalue weighted by atomic mass is 35.7. The third-order valence-corrected chi connectivity index (χ3v) is 6.62. The smallest absolute Gasteiger partial charge is 0.303 e. The summed E-state index contributed by atoms with van der Waals surface area (Å²) in [5, 5.41) is 8.54. The fraction of sp³-hybridized carbons (Fsp3) is 0.944. The van der Waals surface area contributed by atoms with Gasteiger partial charge >= 0.3 is 5.97 Å². The van der Waals surface area contributed by atoms with E-state index in [1.165, 1.54) is 77.0 Å². The Bertz CT molecular complexity index is 281. The third-order valence-electron chi connectivity index (χ3n) is 4.26. The van der Waals surface area contributed by atoms with E-state index in [0.29, 0.717) is 6.42 Å². The van der Waals surface area contributed by atoms with Crippen molar-refractivity contribution in [3.63, 3.8) is 0 Å². The normalized spacial score (nSPS) is 11.8. The monoisotopic (exact) mass is 382 g/mol. The van der Waals surface area contributed by atoms with E-state index in [1.807, 2.05) is 6.55 Å². The van der Waals surface area contributed by atoms with Crippen molar-refractivity contribution in [2.24, 2.45) is 0 Å². The van der Waals surface area contributed by atoms with Crippen molar-refractivity contribution >= 4 is 34.8 Å². The number of aliphatic carboxylic acids is 1. The van der Waals surface area contributed by atoms with Crippen molar-refractivity contribution in [3.05, 3.63) is 0 Å². The molecule has 138 valence electrons. The van der Waals surface area contributed by atoms with E-state index in [1.54, 1.807) is 0 Å². The average Bonchev–Trinajstić information content (AvgIpc) is 2.45. The van der Waals surface area contributed by atoms with Gasteiger partial charge in [0, 0.05) is 6.42 Å². The van der Waals surface area contributed by atoms with Gasteiger partial charge in [-0.15, -0.1) is 22.2 Å². The zero-order valence-corrected chi connectivity index (χ0v) is 17.4. The Morgan fingerprint density at radius 1 is 0.696 bits per heavy atom. The van der Waals surface area contributed by atoms with Crippen LogP contribution >= 0.6 is 22.2 Å². The summed E-state index contributed by atoms with van der Waals surface area (Å²) in [6, 6.07) is 1.03. The van der Waals surface area contributed by atoms with Gasteiger partial charge in [-0.25, -0.2) is 0 Å². The van der Waals surface area contributed by atoms with Gasteiger partial charge in [0.05, 0.1) is 0 Å². The molecule has 2 nitrogen and oxygen atoms in total. The molecular weight excluding hydrogens is 347 g/mol. The van der Waals surface area contributed by atoms with Crippen molar-refractivity contribution in [2.45, 2.75) is 109 Å². The van der Waals surface area contributed by atoms with Crippen LogP contribution in [0.3, 0.4) is 0 Å². The number of unbranched alkanes of at least 4 members (excludes halogenated alkanes) is 13. The standard InChI is InChI=1S/C18H36Cl2O2Si/c1-23(19,20)17-15-13-11-9-7-5-3-2-4-6-8-10-12-14-16-18(21)22/h2-17H2,1H3,(H,21,22). The zero-order chi connectivity index (χ0) is 17.4. The van der Waals surface area contributed by atoms with Gasteiger partial charge in [0.25, 0.3) is 0 Å². The molecule has 0 amide bonds. The van der Waals surface area contributed by atoms with E-state index >= 15 is 0 Å². The largest absolute Gasteiger partial charge is 0.481 e. The number of carbonyl (C=O) groups is 1. The van der Waals surface area contributed by atoms with E-state index in [0.717, 1.165) is 18.9 Å². The fourth-order valence-electron chi connectivity index (χ4n) is 2.83. The van der Waals surface area contributed by atoms with Gasteiger partial charge in [-0.3, -0.25) is 4.79 Å². The highest BCUT2D eigenvalue weighted by Gasteiger charge is 2.19. The molecule has 0 fully saturated rings. The summed E-state index contributed by atoms with van der Waals surface area (Å²) in [6.07, 6.45) is 18.0. The lowest BCUT2D eigenvalue weighted by atomic mass is 10.0. The van der Waals surface area contributed by atoms with Crippen molar-refractivity contribution in [1.82, 2.24) is 0 Å². The molecule has 5 heteroatoms. The molecule has 0 aliphatic heterocycles. The predicted octanol–water partition coefficient (Wildman–Crippen LogP) is 7.47. The van der Waals surface area contributed by atoms with Crippen LogP contribution in [0.1, 0.15) is 96.3 Å². The van der Waals surface area contributed by atoms with Crippen LogP contribution in [-0.4, -0.2) is 17.8 Å². The van der Waals surface area contributed by atoms with Crippen LogP contribution in [0.2, 0.25) is 12.6 Å². The molecule has 0 heterocycles. The van der Waals surface area contributed by atoms with Gasteiger partial charge in [-0.2, -0.15) is 0 Å². The lowest BCUT2D eigenvalue weighted by molar-refractivity contribution is -0.137. The summed E-state index contributed by atoms with van der Waals surface area (Å²) in [7, 11) is 0. The van der Waals surface area contributed by atoms with E-state index in [2.05, 4.69) is 0 Å². The second-order valence-electron chi connectivity index (χ2n) is 6.91. The topological polar surface area (TPSA) is 37.3 Å². The SMILES string of the molecule is C[Si](Cl)(Cl)CCCCCCCCCCCCCCCCC(=O)O. The highest BCUT2D eigenvalue weighted by Crippen LogP contribution is 2.23. The van der Waals surface area contributed by atoms with Crippen LogP contribution in [0.15, 0.2) is 0 Å². The Morgan fingerprint density at radius 2 is 1.00 bits per heavy atom. The van der Waals surface area contributed by atoms with Gasteiger partial charge in [0.2, 0.25) is 6.69 Å². The first-order valence-corrected chi connectivity index (χ1v) is 14.2. The van der Waals surface area contributed by atoms with Gasteiger partial charge in [-0.1, -0.05) is 83.5 Å². The van der Waals surface area contributed by atoms with Crippen molar-refractivity contribution < 1.29 is 9.90 Å². The molecule has 0 aromatic carbocycles. The molecular formula is C18H36Cl2O2Si. The highest BCUT2D eigenvalue weighted by molar-refractivity contribution is 7.44. The second-order valence-corrected chi connectivity index (χ2v) is 15.1. The van der Waals surface area contributed by atoms with Gasteiger partial charge in [0.15, 0.2) is 0 Å². The number of halogens is 2. The lowest BCUT2D eigenvalue weighted by Gasteiger charge is -2.09. The van der Waals surface area contributed by atoms with E-state index in [4.69, 9.17) is 27.3 Å². The minimum absolute atomic E-state index is 0.332. The minimum atomic E-state index is -1.85. The number of rotatable bonds is 17. The van der Waals surface area contributed by atoms with Gasteiger partial charge < -0.3 is 5.11 Å². The van der Waals surface area contributed by atoms with Crippen LogP contribution in [-0.2, 0) is 4.79 Å². The predicted molar refractivity (Wildman–Crippen MR) is 105 cm³/mol. The molecule has 0 rings (SSSR count). The average molecular weight is 383 g/mol. The molecule has 0 aliphatic rings. The number of hydrogen-bond acceptors (Lipinski definition) is 1. The van der Waals surface area contributed by atoms with Gasteiger partial charge in [-0.05, 0) is 19.0 Å². The first-order chi connectivity index (χ1) is 10.9. The first kappa shape index (κ1) is 23.3. The summed E-state index contributed by atoms with van der Waals surface area (Å²) < 4.78 is 0. The second kappa shape index (κ2) is 15.8. The van der Waals surface area contributed by atoms with Gasteiger partial charge in [0.1, 0.15) is 0 Å².